The lowest BCUT2D eigenvalue weighted by Crippen LogP contribution is -2.35. The van der Waals surface area contributed by atoms with Crippen LogP contribution in [0.15, 0.2) is 71.7 Å². The fourth-order valence-electron chi connectivity index (χ4n) is 5.00. The maximum absolute atomic E-state index is 12.8. The van der Waals surface area contributed by atoms with Crippen molar-refractivity contribution in [2.45, 2.75) is 56.3 Å². The third kappa shape index (κ3) is 4.60. The lowest BCUT2D eigenvalue weighted by Gasteiger charge is -2.20. The summed E-state index contributed by atoms with van der Waals surface area (Å²) in [4.78, 5) is 29.1. The van der Waals surface area contributed by atoms with Gasteiger partial charge in [0.1, 0.15) is 11.9 Å². The number of aliphatic hydroxyl groups excluding tert-OH is 1. The molecule has 1 fully saturated rings. The Bertz CT molecular complexity index is 1180. The molecule has 2 aliphatic rings. The third-order valence-corrected chi connectivity index (χ3v) is 6.71. The lowest BCUT2D eigenvalue weighted by atomic mass is 10.0. The van der Waals surface area contributed by atoms with Crippen LogP contribution in [0.1, 0.15) is 48.4 Å². The van der Waals surface area contributed by atoms with Gasteiger partial charge < -0.3 is 15.7 Å². The van der Waals surface area contributed by atoms with Crippen molar-refractivity contribution in [1.82, 2.24) is 14.9 Å². The van der Waals surface area contributed by atoms with E-state index in [1.165, 1.54) is 22.4 Å². The van der Waals surface area contributed by atoms with E-state index in [2.05, 4.69) is 15.6 Å². The zero-order valence-electron chi connectivity index (χ0n) is 18.4. The molecule has 0 saturated carbocycles. The number of fused-ring (bicyclic) bond motifs is 1. The Morgan fingerprint density at radius 2 is 1.88 bits per heavy atom. The molecule has 2 aliphatic heterocycles. The molecule has 2 aromatic carbocycles. The maximum atomic E-state index is 12.8. The van der Waals surface area contributed by atoms with Gasteiger partial charge in [0, 0.05) is 36.5 Å². The van der Waals surface area contributed by atoms with Crippen LogP contribution in [0.3, 0.4) is 0 Å². The number of rotatable bonds is 6. The molecule has 0 unspecified atom stereocenters. The van der Waals surface area contributed by atoms with Crippen LogP contribution >= 0.6 is 0 Å². The molecule has 4 atom stereocenters. The molecule has 0 bridgehead atoms. The summed E-state index contributed by atoms with van der Waals surface area (Å²) in [5, 5.41) is 17.2. The minimum Gasteiger partial charge on any atom is -0.387 e. The van der Waals surface area contributed by atoms with E-state index < -0.39 is 12.1 Å². The molecule has 1 aromatic heterocycles. The van der Waals surface area contributed by atoms with E-state index in [1.807, 2.05) is 54.6 Å². The molecule has 0 spiro atoms. The van der Waals surface area contributed by atoms with Gasteiger partial charge in [0.2, 0.25) is 5.91 Å². The van der Waals surface area contributed by atoms with Gasteiger partial charge in [0.15, 0.2) is 0 Å². The average molecular weight is 445 g/mol. The van der Waals surface area contributed by atoms with Gasteiger partial charge >= 0.3 is 0 Å². The van der Waals surface area contributed by atoms with Crippen molar-refractivity contribution in [1.29, 1.82) is 0 Å². The highest BCUT2D eigenvalue weighted by molar-refractivity contribution is 5.94. The first kappa shape index (κ1) is 21.6. The van der Waals surface area contributed by atoms with Crippen molar-refractivity contribution < 1.29 is 9.90 Å². The summed E-state index contributed by atoms with van der Waals surface area (Å²) >= 11 is 0. The average Bonchev–Trinajstić information content (AvgIpc) is 3.49. The zero-order chi connectivity index (χ0) is 22.8. The number of aryl methyl sites for hydroxylation is 1. The molecular weight excluding hydrogens is 416 g/mol. The summed E-state index contributed by atoms with van der Waals surface area (Å²) in [6.45, 7) is 0. The molecule has 3 N–H and O–H groups in total. The molecule has 3 aromatic rings. The Kier molecular flexibility index (Phi) is 6.07. The van der Waals surface area contributed by atoms with E-state index in [-0.39, 0.29) is 17.5 Å². The minimum atomic E-state index is -0.517. The SMILES string of the molecule is O=C(Nc1ccc(C[C@H]2CC[C@@H]([C@@H](O)c3ccccc3)N2)cc1)[C@@H]1CCc2nccc(=O)n21. The van der Waals surface area contributed by atoms with Gasteiger partial charge in [0.05, 0.1) is 6.10 Å². The van der Waals surface area contributed by atoms with E-state index in [4.69, 9.17) is 0 Å². The fourth-order valence-corrected chi connectivity index (χ4v) is 5.00. The fraction of sp³-hybridized carbons (Fsp3) is 0.346. The molecular formula is C26H28N4O3. The largest absolute Gasteiger partial charge is 0.387 e. The van der Waals surface area contributed by atoms with E-state index in [0.717, 1.165) is 24.8 Å². The van der Waals surface area contributed by atoms with Crippen molar-refractivity contribution in [3.8, 4) is 0 Å². The van der Waals surface area contributed by atoms with Crippen LogP contribution in [0.2, 0.25) is 0 Å². The second kappa shape index (κ2) is 9.29. The molecule has 7 heteroatoms. The van der Waals surface area contributed by atoms with Gasteiger partial charge in [-0.25, -0.2) is 4.98 Å². The topological polar surface area (TPSA) is 96.2 Å². The first-order chi connectivity index (χ1) is 16.1. The Morgan fingerprint density at radius 3 is 2.67 bits per heavy atom. The first-order valence-corrected chi connectivity index (χ1v) is 11.5. The molecule has 5 rings (SSSR count). The number of nitrogens with one attached hydrogen (secondary N) is 2. The van der Waals surface area contributed by atoms with Crippen LogP contribution in [0, 0.1) is 0 Å². The van der Waals surface area contributed by atoms with E-state index in [9.17, 15) is 14.7 Å². The van der Waals surface area contributed by atoms with E-state index in [1.54, 1.807) is 0 Å². The Labute approximate surface area is 192 Å². The van der Waals surface area contributed by atoms with Crippen LogP contribution in [-0.2, 0) is 17.6 Å². The molecule has 0 radical (unpaired) electrons. The number of carbonyl (C=O) groups is 1. The predicted molar refractivity (Wildman–Crippen MR) is 126 cm³/mol. The summed E-state index contributed by atoms with van der Waals surface area (Å²) in [5.74, 6) is 0.476. The Hall–Kier alpha value is -3.29. The minimum absolute atomic E-state index is 0.0585. The number of benzene rings is 2. The maximum Gasteiger partial charge on any atom is 0.254 e. The van der Waals surface area contributed by atoms with Gasteiger partial charge in [-0.1, -0.05) is 42.5 Å². The smallest absolute Gasteiger partial charge is 0.254 e. The van der Waals surface area contributed by atoms with Crippen LogP contribution < -0.4 is 16.2 Å². The normalized spacial score (nSPS) is 22.6. The van der Waals surface area contributed by atoms with Crippen LogP contribution in [0.5, 0.6) is 0 Å². The summed E-state index contributed by atoms with van der Waals surface area (Å²) in [6.07, 6.45) is 5.02. The molecule has 1 amide bonds. The number of anilines is 1. The van der Waals surface area contributed by atoms with Crippen molar-refractivity contribution >= 4 is 11.6 Å². The first-order valence-electron chi connectivity index (χ1n) is 11.5. The highest BCUT2D eigenvalue weighted by Crippen LogP contribution is 2.27. The standard InChI is InChI=1S/C26H28N4O3/c31-24-14-15-27-23-13-12-22(30(23)24)26(33)29-19-8-6-17(7-9-19)16-20-10-11-21(28-20)25(32)18-4-2-1-3-5-18/h1-9,14-15,20-22,25,28,32H,10-13,16H2,(H,29,33)/t20-,21+,22+,25+/m1/s1. The zero-order valence-corrected chi connectivity index (χ0v) is 18.4. The van der Waals surface area contributed by atoms with Crippen molar-refractivity contribution in [3.05, 3.63) is 94.2 Å². The second-order valence-electron chi connectivity index (χ2n) is 8.92. The molecule has 7 nitrogen and oxygen atoms in total. The summed E-state index contributed by atoms with van der Waals surface area (Å²) in [7, 11) is 0. The number of aromatic nitrogens is 2. The van der Waals surface area contributed by atoms with Gasteiger partial charge in [-0.2, -0.15) is 0 Å². The Balaban J connectivity index is 1.17. The van der Waals surface area contributed by atoms with Crippen LogP contribution in [0.25, 0.3) is 0 Å². The molecule has 33 heavy (non-hydrogen) atoms. The lowest BCUT2D eigenvalue weighted by molar-refractivity contribution is -0.119. The second-order valence-corrected chi connectivity index (χ2v) is 8.92. The third-order valence-electron chi connectivity index (χ3n) is 6.71. The molecule has 170 valence electrons. The van der Waals surface area contributed by atoms with Crippen LogP contribution in [-0.4, -0.2) is 32.6 Å². The molecule has 0 aliphatic carbocycles. The van der Waals surface area contributed by atoms with Gasteiger partial charge in [-0.3, -0.25) is 14.2 Å². The summed E-state index contributed by atoms with van der Waals surface area (Å²) in [5.41, 5.74) is 2.64. The number of hydrogen-bond donors (Lipinski definition) is 3. The number of amides is 1. The van der Waals surface area contributed by atoms with Gasteiger partial charge in [0.25, 0.3) is 5.56 Å². The highest BCUT2D eigenvalue weighted by atomic mass is 16.3. The number of carbonyl (C=O) groups excluding carboxylic acids is 1. The van der Waals surface area contributed by atoms with Gasteiger partial charge in [-0.15, -0.1) is 0 Å². The summed E-state index contributed by atoms with van der Waals surface area (Å²) in [6, 6.07) is 18.9. The van der Waals surface area contributed by atoms with Crippen LogP contribution in [0.4, 0.5) is 5.69 Å². The van der Waals surface area contributed by atoms with Crippen molar-refractivity contribution in [3.63, 3.8) is 0 Å². The summed E-state index contributed by atoms with van der Waals surface area (Å²) < 4.78 is 1.50. The predicted octanol–water partition coefficient (Wildman–Crippen LogP) is 2.77. The Morgan fingerprint density at radius 1 is 1.09 bits per heavy atom. The quantitative estimate of drug-likeness (QED) is 0.543. The van der Waals surface area contributed by atoms with E-state index in [0.29, 0.717) is 30.4 Å². The highest BCUT2D eigenvalue weighted by Gasteiger charge is 2.31. The number of nitrogens with zero attached hydrogens (tertiary/aromatic N) is 2. The van der Waals surface area contributed by atoms with Crippen molar-refractivity contribution in [2.24, 2.45) is 0 Å². The number of hydrogen-bond acceptors (Lipinski definition) is 5. The number of aliphatic hydroxyl groups is 1. The molecule has 3 heterocycles. The van der Waals surface area contributed by atoms with Gasteiger partial charge in [-0.05, 0) is 48.9 Å². The molecule has 1 saturated heterocycles. The monoisotopic (exact) mass is 444 g/mol. The van der Waals surface area contributed by atoms with E-state index >= 15 is 0 Å². The van der Waals surface area contributed by atoms with Crippen molar-refractivity contribution in [2.75, 3.05) is 5.32 Å².